The van der Waals surface area contributed by atoms with Crippen LogP contribution in [0.15, 0.2) is 47.6 Å². The molecule has 0 aromatic rings. The number of fused-ring (bicyclic) bond motifs is 14. The second-order valence-electron chi connectivity index (χ2n) is 22.7. The second kappa shape index (κ2) is 14.7. The van der Waals surface area contributed by atoms with E-state index in [1.165, 1.54) is 57.1 Å². The van der Waals surface area contributed by atoms with Gasteiger partial charge in [0.2, 0.25) is 5.12 Å². The molecule has 2 aliphatic heterocycles. The van der Waals surface area contributed by atoms with Gasteiger partial charge in [-0.1, -0.05) is 26.0 Å². The van der Waals surface area contributed by atoms with Crippen LogP contribution in [-0.4, -0.2) is 133 Å². The van der Waals surface area contributed by atoms with E-state index in [2.05, 4.69) is 0 Å². The van der Waals surface area contributed by atoms with Gasteiger partial charge in [-0.3, -0.25) is 19.2 Å². The number of hydrogen-bond acceptors (Lipinski definition) is 12. The Kier molecular flexibility index (Phi) is 10.7. The molecule has 0 spiro atoms. The Labute approximate surface area is 391 Å². The molecule has 2 heterocycles. The van der Waals surface area contributed by atoms with Crippen molar-refractivity contribution in [3.8, 4) is 0 Å². The first-order valence-corrected chi connectivity index (χ1v) is 23.9. The average Bonchev–Trinajstić information content (AvgIpc) is 3.84. The van der Waals surface area contributed by atoms with E-state index in [4.69, 9.17) is 18.9 Å². The molecule has 0 aromatic heterocycles. The molecule has 2 saturated heterocycles. The largest absolute Gasteiger partial charge is 0.479 e. The molecule has 67 heavy (non-hydrogen) atoms. The highest BCUT2D eigenvalue weighted by Crippen LogP contribution is 2.75. The predicted molar refractivity (Wildman–Crippen MR) is 233 cm³/mol. The molecule has 6 saturated carbocycles. The lowest BCUT2D eigenvalue weighted by Crippen LogP contribution is -2.70. The third kappa shape index (κ3) is 5.98. The molecule has 0 unspecified atom stereocenters. The van der Waals surface area contributed by atoms with Crippen molar-refractivity contribution in [2.45, 2.75) is 165 Å². The van der Waals surface area contributed by atoms with Crippen LogP contribution in [0.2, 0.25) is 0 Å². The Morgan fingerprint density at radius 2 is 1.04 bits per heavy atom. The lowest BCUT2D eigenvalue weighted by Gasteiger charge is -2.63. The van der Waals surface area contributed by atoms with Crippen LogP contribution in [0.4, 0.5) is 22.4 Å². The summed E-state index contributed by atoms with van der Waals surface area (Å²) >= 11 is 0.511. The summed E-state index contributed by atoms with van der Waals surface area (Å²) < 4.78 is 89.9. The Balaban J connectivity index is 0.000000170. The SMILES string of the molecule is CC1(C)O[C@@H]2C[C@H]3[C@@H]4C[C@H](F)C5=CC(=O)C=C[C@]5(C)[C@@]4(F)[C@@H](O)C[C@]3(C)[C@]2(C(=O)O)O1.CN(C)C(=O)SC(=O)[C@@]12OC(C)(C)O[C@@H]1C[C@H]1[C@@H]3C[C@H](F)C4=CC(=O)C=C[C@]4(C)[C@@]3(F)[C@@H](O)C[C@@]12C. The molecular formula is C49H61F4NO12S. The van der Waals surface area contributed by atoms with Crippen molar-refractivity contribution in [2.24, 2.45) is 45.3 Å². The third-order valence-corrected chi connectivity index (χ3v) is 19.4. The number of allylic oxidation sites excluding steroid dienone is 8. The zero-order valence-electron chi connectivity index (χ0n) is 39.4. The highest BCUT2D eigenvalue weighted by Gasteiger charge is 2.83. The van der Waals surface area contributed by atoms with Gasteiger partial charge in [0, 0.05) is 59.4 Å². The fourth-order valence-electron chi connectivity index (χ4n) is 15.6. The Morgan fingerprint density at radius 3 is 1.45 bits per heavy atom. The summed E-state index contributed by atoms with van der Waals surface area (Å²) in [5.74, 6) is -7.41. The van der Waals surface area contributed by atoms with Gasteiger partial charge in [0.05, 0.1) is 18.3 Å². The van der Waals surface area contributed by atoms with Gasteiger partial charge in [0.15, 0.2) is 45.7 Å². The van der Waals surface area contributed by atoms with Crippen molar-refractivity contribution in [1.82, 2.24) is 4.90 Å². The summed E-state index contributed by atoms with van der Waals surface area (Å²) in [4.78, 5) is 64.1. The summed E-state index contributed by atoms with van der Waals surface area (Å²) in [6, 6.07) is 0. The second-order valence-corrected chi connectivity index (χ2v) is 23.7. The molecule has 1 amide bonds. The lowest BCUT2D eigenvalue weighted by molar-refractivity contribution is -0.253. The van der Waals surface area contributed by atoms with Crippen LogP contribution in [0.3, 0.4) is 0 Å². The number of aliphatic carboxylic acids is 1. The van der Waals surface area contributed by atoms with Gasteiger partial charge in [0.1, 0.15) is 18.4 Å². The highest BCUT2D eigenvalue weighted by atomic mass is 32.2. The van der Waals surface area contributed by atoms with Crippen LogP contribution in [0.5, 0.6) is 0 Å². The Bertz CT molecular complexity index is 2370. The van der Waals surface area contributed by atoms with E-state index in [-0.39, 0.29) is 49.7 Å². The number of thioether (sulfide) groups is 1. The Hall–Kier alpha value is -3.26. The number of rotatable bonds is 2. The number of carboxylic acids is 1. The fourth-order valence-corrected chi connectivity index (χ4v) is 16.5. The minimum atomic E-state index is -2.27. The topological polar surface area (TPSA) is 186 Å². The van der Waals surface area contributed by atoms with Crippen molar-refractivity contribution in [3.63, 3.8) is 0 Å². The van der Waals surface area contributed by atoms with Crippen LogP contribution in [0.1, 0.15) is 93.9 Å². The molecule has 13 nitrogen and oxygen atoms in total. The maximum absolute atomic E-state index is 17.4. The number of aliphatic hydroxyl groups excluding tert-OH is 2. The molecule has 18 heteroatoms. The molecule has 10 aliphatic rings. The number of alkyl halides is 4. The van der Waals surface area contributed by atoms with Gasteiger partial charge in [-0.15, -0.1) is 0 Å². The van der Waals surface area contributed by atoms with Gasteiger partial charge in [-0.2, -0.15) is 0 Å². The average molecular weight is 964 g/mol. The van der Waals surface area contributed by atoms with Crippen LogP contribution in [0, 0.1) is 45.3 Å². The maximum Gasteiger partial charge on any atom is 0.339 e. The van der Waals surface area contributed by atoms with Crippen molar-refractivity contribution < 1.29 is 75.8 Å². The molecule has 0 bridgehead atoms. The van der Waals surface area contributed by atoms with Crippen LogP contribution < -0.4 is 0 Å². The number of carbonyl (C=O) groups excluding carboxylic acids is 4. The van der Waals surface area contributed by atoms with E-state index in [9.17, 15) is 39.3 Å². The van der Waals surface area contributed by atoms with Crippen LogP contribution in [-0.2, 0) is 38.1 Å². The van der Waals surface area contributed by atoms with Crippen molar-refractivity contribution in [1.29, 1.82) is 0 Å². The number of aliphatic hydroxyl groups is 2. The van der Waals surface area contributed by atoms with Crippen molar-refractivity contribution >= 4 is 39.7 Å². The van der Waals surface area contributed by atoms with Crippen LogP contribution >= 0.6 is 11.8 Å². The standard InChI is InChI=1S/C26H33F2NO6S.C23H28F2O6/c1-22(2)34-19-11-14-15-10-17(27)16-9-13(30)7-8-23(16,3)25(15,28)18(31)12-24(14,4)26(19,35-22)20(32)36-21(33)29(5)6;1-19(2)30-17-9-12-13-8-15(24)14-7-11(26)5-6-20(14,3)22(13,25)16(27)10-21(12,4)23(17,31-19)18(28)29/h7-9,14-15,17-19,31H,10-12H2,1-6H3;5-7,12-13,15-17,27H,8-10H2,1-4H3,(H,28,29)/t14-,15-,17-,18-,19+,23-,24-,25-,26-;12-,13-,15-,16-,17+,20-,21-,22-,23-/m00/s1. The first-order valence-electron chi connectivity index (χ1n) is 23.1. The molecule has 3 N–H and O–H groups in total. The molecule has 10 rings (SSSR count). The van der Waals surface area contributed by atoms with E-state index in [0.29, 0.717) is 11.8 Å². The number of halogens is 4. The molecule has 0 aromatic carbocycles. The van der Waals surface area contributed by atoms with Crippen molar-refractivity contribution in [3.05, 3.63) is 47.6 Å². The molecule has 8 fully saturated rings. The number of carbonyl (C=O) groups is 5. The number of ketones is 2. The quantitative estimate of drug-likeness (QED) is 0.251. The number of carboxylic acid groups (broad SMARTS) is 1. The normalized spacial score (nSPS) is 51.2. The van der Waals surface area contributed by atoms with Gasteiger partial charge >= 0.3 is 5.97 Å². The summed E-state index contributed by atoms with van der Waals surface area (Å²) in [6.07, 6.45) is -0.815. The summed E-state index contributed by atoms with van der Waals surface area (Å²) in [6.45, 7) is 13.1. The minimum absolute atomic E-state index is 0.0427. The van der Waals surface area contributed by atoms with E-state index in [0.717, 1.165) is 12.2 Å². The van der Waals surface area contributed by atoms with E-state index >= 15 is 17.6 Å². The fraction of sp³-hybridized carbons (Fsp3) is 0.735. The summed E-state index contributed by atoms with van der Waals surface area (Å²) in [5.41, 5.74) is -13.1. The minimum Gasteiger partial charge on any atom is -0.479 e. The molecular weight excluding hydrogens is 903 g/mol. The maximum atomic E-state index is 17.4. The Morgan fingerprint density at radius 1 is 0.657 bits per heavy atom. The van der Waals surface area contributed by atoms with Gasteiger partial charge in [-0.05, 0) is 127 Å². The van der Waals surface area contributed by atoms with Crippen LogP contribution in [0.25, 0.3) is 0 Å². The summed E-state index contributed by atoms with van der Waals surface area (Å²) in [5, 5.41) is 32.0. The monoisotopic (exact) mass is 963 g/mol. The highest BCUT2D eigenvalue weighted by molar-refractivity contribution is 8.26. The molecule has 368 valence electrons. The lowest BCUT2D eigenvalue weighted by atomic mass is 9.44. The van der Waals surface area contributed by atoms with Gasteiger partial charge in [-0.25, -0.2) is 22.4 Å². The first kappa shape index (κ1) is 48.8. The number of hydrogen-bond donors (Lipinski definition) is 3. The number of nitrogens with zero attached hydrogens (tertiary/aromatic N) is 1. The van der Waals surface area contributed by atoms with Gasteiger partial charge in [0.25, 0.3) is 5.24 Å². The number of amides is 1. The zero-order valence-corrected chi connectivity index (χ0v) is 40.2. The van der Waals surface area contributed by atoms with E-state index in [1.54, 1.807) is 41.5 Å². The third-order valence-electron chi connectivity index (χ3n) is 18.4. The predicted octanol–water partition coefficient (Wildman–Crippen LogP) is 6.64. The van der Waals surface area contributed by atoms with Gasteiger partial charge < -0.3 is 39.2 Å². The van der Waals surface area contributed by atoms with E-state index in [1.807, 2.05) is 0 Å². The van der Waals surface area contributed by atoms with Crippen molar-refractivity contribution in [2.75, 3.05) is 14.1 Å². The van der Waals surface area contributed by atoms with E-state index < -0.39 is 144 Å². The molecule has 18 atom stereocenters. The smallest absolute Gasteiger partial charge is 0.339 e. The number of ether oxygens (including phenoxy) is 4. The first-order chi connectivity index (χ1) is 30.8. The molecule has 0 radical (unpaired) electrons. The molecule has 8 aliphatic carbocycles. The summed E-state index contributed by atoms with van der Waals surface area (Å²) in [7, 11) is 3.07. The zero-order chi connectivity index (χ0) is 49.4.